The van der Waals surface area contributed by atoms with Gasteiger partial charge in [-0.05, 0) is 42.3 Å². The van der Waals surface area contributed by atoms with Crippen LogP contribution in [0.4, 0.5) is 4.39 Å². The highest BCUT2D eigenvalue weighted by Gasteiger charge is 2.31. The second kappa shape index (κ2) is 10.6. The average Bonchev–Trinajstić information content (AvgIpc) is 3.15. The van der Waals surface area contributed by atoms with E-state index in [9.17, 15) is 14.0 Å². The molecule has 1 aliphatic rings. The van der Waals surface area contributed by atoms with Gasteiger partial charge in [-0.15, -0.1) is 11.3 Å². The zero-order valence-corrected chi connectivity index (χ0v) is 19.1. The summed E-state index contributed by atoms with van der Waals surface area (Å²) in [5.74, 6) is -0.699. The summed E-state index contributed by atoms with van der Waals surface area (Å²) in [5, 5.41) is 2.88. The van der Waals surface area contributed by atoms with Gasteiger partial charge in [0.1, 0.15) is 5.82 Å². The van der Waals surface area contributed by atoms with E-state index in [4.69, 9.17) is 4.74 Å². The quantitative estimate of drug-likeness (QED) is 0.533. The van der Waals surface area contributed by atoms with Crippen molar-refractivity contribution in [2.24, 2.45) is 0 Å². The number of carbonyl (C=O) groups is 2. The van der Waals surface area contributed by atoms with Gasteiger partial charge in [-0.2, -0.15) is 0 Å². The van der Waals surface area contributed by atoms with Crippen LogP contribution in [-0.4, -0.2) is 57.3 Å². The van der Waals surface area contributed by atoms with Gasteiger partial charge in [0.05, 0.1) is 42.9 Å². The fourth-order valence-electron chi connectivity index (χ4n) is 3.69. The molecule has 4 rings (SSSR count). The number of nitrogens with zero attached hydrogens (tertiary/aromatic N) is 4. The molecule has 1 aliphatic heterocycles. The molecule has 1 unspecified atom stereocenters. The van der Waals surface area contributed by atoms with Gasteiger partial charge >= 0.3 is 0 Å². The Kier molecular flexibility index (Phi) is 7.41. The second-order valence-corrected chi connectivity index (χ2v) is 9.06. The van der Waals surface area contributed by atoms with Crippen molar-refractivity contribution in [3.8, 4) is 0 Å². The SMILES string of the molecule is Cc1nc(CN2CC(OCc3ccncc3)CN(C(=O)Cc3ccc(F)cc3)CC2=O)cs1. The first-order valence-corrected chi connectivity index (χ1v) is 11.6. The van der Waals surface area contributed by atoms with Gasteiger partial charge in [-0.25, -0.2) is 9.37 Å². The molecule has 0 radical (unpaired) electrons. The predicted octanol–water partition coefficient (Wildman–Crippen LogP) is 2.98. The number of aromatic nitrogens is 2. The summed E-state index contributed by atoms with van der Waals surface area (Å²) in [4.78, 5) is 37.8. The minimum absolute atomic E-state index is 0.0295. The molecule has 1 fully saturated rings. The fraction of sp³-hybridized carbons (Fsp3) is 0.333. The normalized spacial score (nSPS) is 16.7. The van der Waals surface area contributed by atoms with Crippen LogP contribution >= 0.6 is 11.3 Å². The smallest absolute Gasteiger partial charge is 0.242 e. The minimum Gasteiger partial charge on any atom is -0.370 e. The molecule has 3 heterocycles. The number of ether oxygens (including phenoxy) is 1. The predicted molar refractivity (Wildman–Crippen MR) is 122 cm³/mol. The van der Waals surface area contributed by atoms with Gasteiger partial charge in [0, 0.05) is 30.9 Å². The molecule has 33 heavy (non-hydrogen) atoms. The molecule has 0 saturated carbocycles. The number of pyridine rings is 1. The van der Waals surface area contributed by atoms with Crippen molar-refractivity contribution >= 4 is 23.2 Å². The molecule has 0 spiro atoms. The number of amides is 2. The third-order valence-corrected chi connectivity index (χ3v) is 6.22. The zero-order valence-electron chi connectivity index (χ0n) is 18.3. The van der Waals surface area contributed by atoms with E-state index in [0.29, 0.717) is 31.8 Å². The lowest BCUT2D eigenvalue weighted by Gasteiger charge is -2.24. The molecule has 1 saturated heterocycles. The van der Waals surface area contributed by atoms with Crippen LogP contribution in [0.2, 0.25) is 0 Å². The Balaban J connectivity index is 1.48. The number of rotatable bonds is 7. The number of hydrogen-bond acceptors (Lipinski definition) is 6. The van der Waals surface area contributed by atoms with Crippen LogP contribution in [0.15, 0.2) is 54.2 Å². The Labute approximate surface area is 195 Å². The number of benzene rings is 1. The fourth-order valence-corrected chi connectivity index (χ4v) is 4.29. The van der Waals surface area contributed by atoms with Crippen LogP contribution in [0.3, 0.4) is 0 Å². The lowest BCUT2D eigenvalue weighted by Crippen LogP contribution is -2.40. The molecule has 1 aromatic carbocycles. The number of aryl methyl sites for hydroxylation is 1. The van der Waals surface area contributed by atoms with Gasteiger partial charge in [-0.1, -0.05) is 12.1 Å². The Morgan fingerprint density at radius 1 is 1.15 bits per heavy atom. The highest BCUT2D eigenvalue weighted by molar-refractivity contribution is 7.09. The molecule has 2 aromatic heterocycles. The van der Waals surface area contributed by atoms with Crippen LogP contribution in [0.25, 0.3) is 0 Å². The van der Waals surface area contributed by atoms with Crippen LogP contribution in [0.5, 0.6) is 0 Å². The molecular formula is C24H25FN4O3S. The van der Waals surface area contributed by atoms with Crippen molar-refractivity contribution in [2.45, 2.75) is 32.6 Å². The molecule has 9 heteroatoms. The van der Waals surface area contributed by atoms with Gasteiger partial charge in [0.25, 0.3) is 0 Å². The summed E-state index contributed by atoms with van der Waals surface area (Å²) >= 11 is 1.54. The Morgan fingerprint density at radius 3 is 2.61 bits per heavy atom. The first-order valence-electron chi connectivity index (χ1n) is 10.7. The maximum atomic E-state index is 13.2. The van der Waals surface area contributed by atoms with Crippen molar-refractivity contribution in [1.29, 1.82) is 0 Å². The van der Waals surface area contributed by atoms with E-state index >= 15 is 0 Å². The molecule has 1 atom stereocenters. The summed E-state index contributed by atoms with van der Waals surface area (Å²) in [6, 6.07) is 9.56. The number of hydrogen-bond donors (Lipinski definition) is 0. The summed E-state index contributed by atoms with van der Waals surface area (Å²) in [6.45, 7) is 3.28. The van der Waals surface area contributed by atoms with Gasteiger partial charge in [0.15, 0.2) is 0 Å². The maximum Gasteiger partial charge on any atom is 0.242 e. The van der Waals surface area contributed by atoms with Crippen molar-refractivity contribution in [1.82, 2.24) is 19.8 Å². The van der Waals surface area contributed by atoms with Crippen LogP contribution in [0.1, 0.15) is 21.8 Å². The largest absolute Gasteiger partial charge is 0.370 e. The van der Waals surface area contributed by atoms with Crippen molar-refractivity contribution in [3.63, 3.8) is 0 Å². The summed E-state index contributed by atoms with van der Waals surface area (Å²) in [6.07, 6.45) is 3.13. The topological polar surface area (TPSA) is 75.6 Å². The highest BCUT2D eigenvalue weighted by atomic mass is 32.1. The Morgan fingerprint density at radius 2 is 1.91 bits per heavy atom. The van der Waals surface area contributed by atoms with Crippen molar-refractivity contribution < 1.29 is 18.7 Å². The van der Waals surface area contributed by atoms with Crippen molar-refractivity contribution in [2.75, 3.05) is 19.6 Å². The zero-order chi connectivity index (χ0) is 23.2. The van der Waals surface area contributed by atoms with E-state index in [1.165, 1.54) is 28.4 Å². The molecule has 0 N–H and O–H groups in total. The first kappa shape index (κ1) is 23.0. The average molecular weight is 469 g/mol. The lowest BCUT2D eigenvalue weighted by atomic mass is 10.1. The van der Waals surface area contributed by atoms with E-state index in [2.05, 4.69) is 9.97 Å². The standard InChI is InChI=1S/C24H25FN4O3S/c1-17-27-21(16-33-17)11-28-12-22(32-15-19-6-8-26-9-7-19)13-29(14-24(28)31)23(30)10-18-2-4-20(25)5-3-18/h2-9,16,22H,10-15H2,1H3. The molecule has 172 valence electrons. The van der Waals surface area contributed by atoms with E-state index < -0.39 is 0 Å². The molecule has 2 amide bonds. The van der Waals surface area contributed by atoms with E-state index in [1.54, 1.807) is 29.4 Å². The molecular weight excluding hydrogens is 443 g/mol. The summed E-state index contributed by atoms with van der Waals surface area (Å²) in [7, 11) is 0. The minimum atomic E-state index is -0.360. The lowest BCUT2D eigenvalue weighted by molar-refractivity contribution is -0.138. The van der Waals surface area contributed by atoms with E-state index in [-0.39, 0.29) is 36.7 Å². The second-order valence-electron chi connectivity index (χ2n) is 8.00. The third kappa shape index (κ3) is 6.43. The van der Waals surface area contributed by atoms with Crippen LogP contribution in [0, 0.1) is 12.7 Å². The van der Waals surface area contributed by atoms with Gasteiger partial charge in [-0.3, -0.25) is 14.6 Å². The van der Waals surface area contributed by atoms with E-state index in [0.717, 1.165) is 16.3 Å². The Bertz CT molecular complexity index is 1090. The number of halogens is 1. The van der Waals surface area contributed by atoms with Gasteiger partial charge in [0.2, 0.25) is 11.8 Å². The highest BCUT2D eigenvalue weighted by Crippen LogP contribution is 2.17. The summed E-state index contributed by atoms with van der Waals surface area (Å²) in [5.41, 5.74) is 2.48. The maximum absolute atomic E-state index is 13.2. The van der Waals surface area contributed by atoms with Gasteiger partial charge < -0.3 is 14.5 Å². The molecule has 3 aromatic rings. The van der Waals surface area contributed by atoms with Crippen LogP contribution < -0.4 is 0 Å². The molecule has 0 aliphatic carbocycles. The number of carbonyl (C=O) groups excluding carboxylic acids is 2. The molecule has 0 bridgehead atoms. The van der Waals surface area contributed by atoms with Crippen molar-refractivity contribution in [3.05, 3.63) is 81.8 Å². The number of thiazole rings is 1. The molecule has 7 nitrogen and oxygen atoms in total. The van der Waals surface area contributed by atoms with E-state index in [1.807, 2.05) is 24.4 Å². The first-order chi connectivity index (χ1) is 16.0. The Hall–Kier alpha value is -3.17. The third-order valence-electron chi connectivity index (χ3n) is 5.40. The monoisotopic (exact) mass is 468 g/mol. The van der Waals surface area contributed by atoms with Crippen LogP contribution in [-0.2, 0) is 33.9 Å². The summed E-state index contributed by atoms with van der Waals surface area (Å²) < 4.78 is 19.3.